The average molecular weight is 378 g/mol. The number of hydrogen-bond donors (Lipinski definition) is 0. The SMILES string of the molecule is CCCCCCCCCCCCCCCCCc1n(CCCC)cc[n+]1C. The van der Waals surface area contributed by atoms with Gasteiger partial charge in [0.2, 0.25) is 0 Å². The molecule has 0 unspecified atom stereocenters. The van der Waals surface area contributed by atoms with Gasteiger partial charge < -0.3 is 0 Å². The smallest absolute Gasteiger partial charge is 0.237 e. The molecule has 0 N–H and O–H groups in total. The highest BCUT2D eigenvalue weighted by atomic mass is 15.1. The molecule has 0 aromatic carbocycles. The second-order valence-electron chi connectivity index (χ2n) is 8.57. The van der Waals surface area contributed by atoms with Gasteiger partial charge >= 0.3 is 0 Å². The number of aromatic nitrogens is 2. The van der Waals surface area contributed by atoms with Crippen LogP contribution < -0.4 is 4.57 Å². The lowest BCUT2D eigenvalue weighted by molar-refractivity contribution is -0.678. The fourth-order valence-electron chi connectivity index (χ4n) is 4.06. The van der Waals surface area contributed by atoms with E-state index in [0.29, 0.717) is 0 Å². The van der Waals surface area contributed by atoms with E-state index < -0.39 is 0 Å². The van der Waals surface area contributed by atoms with E-state index in [1.54, 1.807) is 0 Å². The van der Waals surface area contributed by atoms with E-state index in [0.717, 1.165) is 0 Å². The fourth-order valence-corrected chi connectivity index (χ4v) is 4.06. The molecule has 1 aromatic heterocycles. The van der Waals surface area contributed by atoms with E-state index in [1.807, 2.05) is 0 Å². The Balaban J connectivity index is 1.89. The summed E-state index contributed by atoms with van der Waals surface area (Å²) in [5.41, 5.74) is 0. The summed E-state index contributed by atoms with van der Waals surface area (Å²) >= 11 is 0. The third-order valence-electron chi connectivity index (χ3n) is 5.97. The van der Waals surface area contributed by atoms with Gasteiger partial charge in [0.1, 0.15) is 12.4 Å². The molecular formula is C25H49N2+. The number of unbranched alkanes of at least 4 members (excludes halogenated alkanes) is 15. The number of aryl methyl sites for hydroxylation is 2. The van der Waals surface area contributed by atoms with Crippen molar-refractivity contribution in [3.8, 4) is 0 Å². The van der Waals surface area contributed by atoms with Crippen LogP contribution in [0.15, 0.2) is 12.4 Å². The van der Waals surface area contributed by atoms with Crippen LogP contribution in [0.3, 0.4) is 0 Å². The van der Waals surface area contributed by atoms with Gasteiger partial charge in [-0.05, 0) is 12.8 Å². The zero-order chi connectivity index (χ0) is 19.6. The van der Waals surface area contributed by atoms with Crippen LogP contribution in [0.2, 0.25) is 0 Å². The monoisotopic (exact) mass is 377 g/mol. The molecule has 0 spiro atoms. The van der Waals surface area contributed by atoms with Crippen molar-refractivity contribution in [1.29, 1.82) is 0 Å². The van der Waals surface area contributed by atoms with Crippen molar-refractivity contribution in [2.45, 2.75) is 136 Å². The van der Waals surface area contributed by atoms with Gasteiger partial charge in [0.15, 0.2) is 0 Å². The summed E-state index contributed by atoms with van der Waals surface area (Å²) in [5.74, 6) is 1.51. The molecule has 2 heteroatoms. The lowest BCUT2D eigenvalue weighted by Crippen LogP contribution is -2.32. The van der Waals surface area contributed by atoms with E-state index in [4.69, 9.17) is 0 Å². The Kier molecular flexibility index (Phi) is 15.6. The van der Waals surface area contributed by atoms with Crippen LogP contribution in [0.25, 0.3) is 0 Å². The first-order valence-electron chi connectivity index (χ1n) is 12.3. The Bertz CT molecular complexity index is 436. The largest absolute Gasteiger partial charge is 0.256 e. The Hall–Kier alpha value is -0.790. The van der Waals surface area contributed by atoms with Crippen molar-refractivity contribution in [2.75, 3.05) is 0 Å². The molecule has 0 aliphatic heterocycles. The van der Waals surface area contributed by atoms with E-state index in [-0.39, 0.29) is 0 Å². The van der Waals surface area contributed by atoms with Crippen molar-refractivity contribution < 1.29 is 4.57 Å². The highest BCUT2D eigenvalue weighted by Crippen LogP contribution is 2.14. The third-order valence-corrected chi connectivity index (χ3v) is 5.97. The van der Waals surface area contributed by atoms with Crippen LogP contribution in [0, 0.1) is 0 Å². The van der Waals surface area contributed by atoms with E-state index >= 15 is 0 Å². The molecule has 0 aliphatic carbocycles. The normalized spacial score (nSPS) is 11.4. The molecule has 27 heavy (non-hydrogen) atoms. The Labute approximate surface area is 170 Å². The molecule has 0 bridgehead atoms. The highest BCUT2D eigenvalue weighted by Gasteiger charge is 2.13. The van der Waals surface area contributed by atoms with Gasteiger partial charge in [0.05, 0.1) is 13.6 Å². The predicted molar refractivity (Wildman–Crippen MR) is 119 cm³/mol. The van der Waals surface area contributed by atoms with Crippen molar-refractivity contribution in [1.82, 2.24) is 4.57 Å². The van der Waals surface area contributed by atoms with Crippen molar-refractivity contribution in [3.05, 3.63) is 18.2 Å². The Morgan fingerprint density at radius 2 is 1.07 bits per heavy atom. The van der Waals surface area contributed by atoms with Crippen LogP contribution in [-0.4, -0.2) is 4.57 Å². The summed E-state index contributed by atoms with van der Waals surface area (Å²) in [6, 6.07) is 0. The van der Waals surface area contributed by atoms with Gasteiger partial charge in [-0.25, -0.2) is 9.13 Å². The Morgan fingerprint density at radius 1 is 0.630 bits per heavy atom. The predicted octanol–water partition coefficient (Wildman–Crippen LogP) is 7.53. The maximum atomic E-state index is 2.47. The molecular weight excluding hydrogens is 328 g/mol. The van der Waals surface area contributed by atoms with Crippen LogP contribution in [0.1, 0.15) is 129 Å². The number of hydrogen-bond acceptors (Lipinski definition) is 0. The number of imidazole rings is 1. The summed E-state index contributed by atoms with van der Waals surface area (Å²) in [4.78, 5) is 0. The molecule has 2 nitrogen and oxygen atoms in total. The second-order valence-corrected chi connectivity index (χ2v) is 8.57. The summed E-state index contributed by atoms with van der Waals surface area (Å²) < 4.78 is 4.78. The van der Waals surface area contributed by atoms with Crippen molar-refractivity contribution >= 4 is 0 Å². The van der Waals surface area contributed by atoms with Gasteiger partial charge in [-0.3, -0.25) is 0 Å². The highest BCUT2D eigenvalue weighted by molar-refractivity contribution is 4.84. The molecule has 158 valence electrons. The fraction of sp³-hybridized carbons (Fsp3) is 0.880. The van der Waals surface area contributed by atoms with Crippen LogP contribution in [0.4, 0.5) is 0 Å². The molecule has 0 aliphatic rings. The summed E-state index contributed by atoms with van der Waals surface area (Å²) in [7, 11) is 2.20. The minimum atomic E-state index is 1.19. The topological polar surface area (TPSA) is 8.81 Å². The molecule has 1 rings (SSSR count). The van der Waals surface area contributed by atoms with E-state index in [1.165, 1.54) is 128 Å². The molecule has 0 radical (unpaired) electrons. The zero-order valence-electron chi connectivity index (χ0n) is 19.0. The molecule has 0 atom stereocenters. The summed E-state index contributed by atoms with van der Waals surface area (Å²) in [5, 5.41) is 0. The first-order valence-corrected chi connectivity index (χ1v) is 12.3. The van der Waals surface area contributed by atoms with Crippen LogP contribution in [0.5, 0.6) is 0 Å². The van der Waals surface area contributed by atoms with E-state index in [9.17, 15) is 0 Å². The van der Waals surface area contributed by atoms with Crippen LogP contribution in [-0.2, 0) is 20.0 Å². The van der Waals surface area contributed by atoms with Gasteiger partial charge in [-0.2, -0.15) is 0 Å². The molecule has 1 heterocycles. The lowest BCUT2D eigenvalue weighted by Gasteiger charge is -2.04. The average Bonchev–Trinajstić information content (AvgIpc) is 3.03. The van der Waals surface area contributed by atoms with Gasteiger partial charge in [-0.1, -0.05) is 110 Å². The summed E-state index contributed by atoms with van der Waals surface area (Å²) in [6.45, 7) is 5.76. The quantitative estimate of drug-likeness (QED) is 0.174. The first kappa shape index (κ1) is 24.2. The maximum absolute atomic E-state index is 2.47. The van der Waals surface area contributed by atoms with Crippen molar-refractivity contribution in [2.24, 2.45) is 7.05 Å². The minimum absolute atomic E-state index is 1.19. The zero-order valence-corrected chi connectivity index (χ0v) is 19.0. The standard InChI is InChI=1S/C25H49N2/c1-4-6-8-9-10-11-12-13-14-15-16-17-18-19-20-21-25-26(3)23-24-27(25)22-7-5-2/h23-24H,4-22H2,1-3H3/q+1. The number of nitrogens with zero attached hydrogens (tertiary/aromatic N) is 2. The van der Waals surface area contributed by atoms with E-state index in [2.05, 4.69) is 42.4 Å². The lowest BCUT2D eigenvalue weighted by atomic mass is 10.0. The van der Waals surface area contributed by atoms with Gasteiger partial charge in [0.25, 0.3) is 5.82 Å². The number of rotatable bonds is 19. The molecule has 0 saturated carbocycles. The van der Waals surface area contributed by atoms with Gasteiger partial charge in [0, 0.05) is 6.42 Å². The Morgan fingerprint density at radius 3 is 1.56 bits per heavy atom. The summed E-state index contributed by atoms with van der Waals surface area (Å²) in [6.07, 6.45) is 29.9. The maximum Gasteiger partial charge on any atom is 0.256 e. The second kappa shape index (κ2) is 17.3. The molecule has 1 aromatic rings. The minimum Gasteiger partial charge on any atom is -0.237 e. The van der Waals surface area contributed by atoms with Gasteiger partial charge in [-0.15, -0.1) is 0 Å². The van der Waals surface area contributed by atoms with Crippen LogP contribution >= 0.6 is 0 Å². The first-order chi connectivity index (χ1) is 13.3. The molecule has 0 amide bonds. The molecule has 0 saturated heterocycles. The third kappa shape index (κ3) is 12.3. The molecule has 0 fully saturated rings. The van der Waals surface area contributed by atoms with Crippen molar-refractivity contribution in [3.63, 3.8) is 0 Å².